The van der Waals surface area contributed by atoms with E-state index in [1.807, 2.05) is 31.2 Å². The second kappa shape index (κ2) is 3.98. The molecule has 0 unspecified atom stereocenters. The van der Waals surface area contributed by atoms with Crippen molar-refractivity contribution in [1.82, 2.24) is 9.55 Å². The third-order valence-electron chi connectivity index (χ3n) is 2.11. The van der Waals surface area contributed by atoms with Crippen molar-refractivity contribution in [2.75, 3.05) is 0 Å². The lowest BCUT2D eigenvalue weighted by molar-refractivity contribution is 0.111. The molecule has 2 rings (SSSR count). The molecule has 0 bridgehead atoms. The first-order chi connectivity index (χ1) is 7.22. The molecule has 0 atom stereocenters. The maximum Gasteiger partial charge on any atom is 0.185 e. The highest BCUT2D eigenvalue weighted by Gasteiger charge is 2.08. The number of halogens is 1. The van der Waals surface area contributed by atoms with Crippen molar-refractivity contribution in [3.05, 3.63) is 46.5 Å². The van der Waals surface area contributed by atoms with Crippen molar-refractivity contribution < 1.29 is 4.79 Å². The van der Waals surface area contributed by atoms with Crippen molar-refractivity contribution in [3.63, 3.8) is 0 Å². The van der Waals surface area contributed by atoms with Crippen LogP contribution >= 0.6 is 15.9 Å². The fourth-order valence-corrected chi connectivity index (χ4v) is 1.94. The van der Waals surface area contributed by atoms with E-state index in [4.69, 9.17) is 0 Å². The standard InChI is InChI=1S/C11H9BrN2O/c1-8-3-2-4-9(5-8)14-10(12)6-13-11(14)7-15/h2-7H,1H3. The summed E-state index contributed by atoms with van der Waals surface area (Å²) in [5.74, 6) is 0.396. The van der Waals surface area contributed by atoms with Crippen molar-refractivity contribution in [2.24, 2.45) is 0 Å². The van der Waals surface area contributed by atoms with Gasteiger partial charge in [0.2, 0.25) is 0 Å². The van der Waals surface area contributed by atoms with Crippen LogP contribution in [0.5, 0.6) is 0 Å². The highest BCUT2D eigenvalue weighted by atomic mass is 79.9. The van der Waals surface area contributed by atoms with Crippen LogP contribution in [0.1, 0.15) is 16.2 Å². The number of benzene rings is 1. The molecule has 1 aromatic heterocycles. The number of hydrogen-bond donors (Lipinski definition) is 0. The number of rotatable bonds is 2. The highest BCUT2D eigenvalue weighted by molar-refractivity contribution is 9.10. The average Bonchev–Trinajstić information content (AvgIpc) is 2.59. The van der Waals surface area contributed by atoms with Gasteiger partial charge in [0.05, 0.1) is 6.20 Å². The normalized spacial score (nSPS) is 10.3. The number of aryl methyl sites for hydroxylation is 1. The van der Waals surface area contributed by atoms with Crippen molar-refractivity contribution >= 4 is 22.2 Å². The fourth-order valence-electron chi connectivity index (χ4n) is 1.45. The van der Waals surface area contributed by atoms with E-state index in [2.05, 4.69) is 20.9 Å². The molecule has 0 fully saturated rings. The van der Waals surface area contributed by atoms with Gasteiger partial charge < -0.3 is 0 Å². The van der Waals surface area contributed by atoms with Gasteiger partial charge in [-0.3, -0.25) is 9.36 Å². The molecule has 0 radical (unpaired) electrons. The quantitative estimate of drug-likeness (QED) is 0.782. The van der Waals surface area contributed by atoms with Gasteiger partial charge in [-0.1, -0.05) is 12.1 Å². The van der Waals surface area contributed by atoms with Crippen molar-refractivity contribution in [1.29, 1.82) is 0 Å². The Morgan fingerprint density at radius 2 is 2.27 bits per heavy atom. The van der Waals surface area contributed by atoms with Gasteiger partial charge >= 0.3 is 0 Å². The number of aromatic nitrogens is 2. The first-order valence-corrected chi connectivity index (χ1v) is 5.27. The summed E-state index contributed by atoms with van der Waals surface area (Å²) in [4.78, 5) is 14.8. The van der Waals surface area contributed by atoms with E-state index in [1.165, 1.54) is 0 Å². The lowest BCUT2D eigenvalue weighted by Crippen LogP contribution is -2.00. The van der Waals surface area contributed by atoms with Crippen LogP contribution in [0.15, 0.2) is 35.1 Å². The Hall–Kier alpha value is -1.42. The van der Waals surface area contributed by atoms with Gasteiger partial charge in [-0.15, -0.1) is 0 Å². The molecule has 0 N–H and O–H groups in total. The molecule has 0 spiro atoms. The number of imidazole rings is 1. The molecule has 15 heavy (non-hydrogen) atoms. The minimum absolute atomic E-state index is 0.396. The first kappa shape index (κ1) is 10.1. The summed E-state index contributed by atoms with van der Waals surface area (Å²) in [6, 6.07) is 7.90. The summed E-state index contributed by atoms with van der Waals surface area (Å²) in [5, 5.41) is 0. The summed E-state index contributed by atoms with van der Waals surface area (Å²) < 4.78 is 2.54. The molecule has 3 nitrogen and oxygen atoms in total. The van der Waals surface area contributed by atoms with E-state index in [0.29, 0.717) is 5.82 Å². The molecule has 1 heterocycles. The van der Waals surface area contributed by atoms with Crippen LogP contribution < -0.4 is 0 Å². The molecule has 2 aromatic rings. The van der Waals surface area contributed by atoms with Crippen LogP contribution in [-0.4, -0.2) is 15.8 Å². The SMILES string of the molecule is Cc1cccc(-n2c(Br)cnc2C=O)c1. The first-order valence-electron chi connectivity index (χ1n) is 4.48. The largest absolute Gasteiger partial charge is 0.294 e. The summed E-state index contributed by atoms with van der Waals surface area (Å²) >= 11 is 3.36. The summed E-state index contributed by atoms with van der Waals surface area (Å²) in [7, 11) is 0. The van der Waals surface area contributed by atoms with Gasteiger partial charge in [-0.25, -0.2) is 4.98 Å². The Balaban J connectivity index is 2.62. The highest BCUT2D eigenvalue weighted by Crippen LogP contribution is 2.19. The lowest BCUT2D eigenvalue weighted by Gasteiger charge is -2.06. The molecule has 0 saturated carbocycles. The second-order valence-electron chi connectivity index (χ2n) is 3.23. The van der Waals surface area contributed by atoms with Gasteiger partial charge in [0.1, 0.15) is 4.60 Å². The van der Waals surface area contributed by atoms with Gasteiger partial charge in [0, 0.05) is 5.69 Å². The maximum atomic E-state index is 10.8. The molecule has 4 heteroatoms. The second-order valence-corrected chi connectivity index (χ2v) is 4.04. The monoisotopic (exact) mass is 264 g/mol. The van der Waals surface area contributed by atoms with E-state index in [1.54, 1.807) is 10.8 Å². The predicted octanol–water partition coefficient (Wildman–Crippen LogP) is 2.76. The Morgan fingerprint density at radius 3 is 2.93 bits per heavy atom. The van der Waals surface area contributed by atoms with E-state index >= 15 is 0 Å². The minimum atomic E-state index is 0.396. The van der Waals surface area contributed by atoms with Crippen molar-refractivity contribution in [3.8, 4) is 5.69 Å². The molecule has 0 amide bonds. The summed E-state index contributed by atoms with van der Waals surface area (Å²) in [6.45, 7) is 2.01. The van der Waals surface area contributed by atoms with E-state index < -0.39 is 0 Å². The third kappa shape index (κ3) is 1.85. The molecule has 0 aliphatic heterocycles. The smallest absolute Gasteiger partial charge is 0.185 e. The molecular formula is C11H9BrN2O. The summed E-state index contributed by atoms with van der Waals surface area (Å²) in [5.41, 5.74) is 2.08. The van der Waals surface area contributed by atoms with E-state index in [9.17, 15) is 4.79 Å². The zero-order valence-corrected chi connectivity index (χ0v) is 9.73. The molecule has 0 aliphatic rings. The molecule has 0 saturated heterocycles. The van der Waals surface area contributed by atoms with E-state index in [0.717, 1.165) is 22.1 Å². The lowest BCUT2D eigenvalue weighted by atomic mass is 10.2. The molecule has 76 valence electrons. The molecule has 1 aromatic carbocycles. The Kier molecular flexibility index (Phi) is 2.68. The third-order valence-corrected chi connectivity index (χ3v) is 2.67. The van der Waals surface area contributed by atoms with Crippen LogP contribution in [0.3, 0.4) is 0 Å². The van der Waals surface area contributed by atoms with Crippen LogP contribution in [-0.2, 0) is 0 Å². The number of aldehydes is 1. The zero-order valence-electron chi connectivity index (χ0n) is 8.14. The van der Waals surface area contributed by atoms with Crippen molar-refractivity contribution in [2.45, 2.75) is 6.92 Å². The van der Waals surface area contributed by atoms with E-state index in [-0.39, 0.29) is 0 Å². The van der Waals surface area contributed by atoms with Gasteiger partial charge in [-0.05, 0) is 40.5 Å². The zero-order chi connectivity index (χ0) is 10.8. The number of nitrogens with zero attached hydrogens (tertiary/aromatic N) is 2. The Labute approximate surface area is 95.9 Å². The number of hydrogen-bond acceptors (Lipinski definition) is 2. The number of carbonyl (C=O) groups excluding carboxylic acids is 1. The van der Waals surface area contributed by atoms with Crippen LogP contribution in [0.2, 0.25) is 0 Å². The Bertz CT molecular complexity index is 505. The van der Waals surface area contributed by atoms with Crippen LogP contribution in [0.25, 0.3) is 5.69 Å². The van der Waals surface area contributed by atoms with Gasteiger partial charge in [-0.2, -0.15) is 0 Å². The summed E-state index contributed by atoms with van der Waals surface area (Å²) in [6.07, 6.45) is 2.36. The number of carbonyl (C=O) groups is 1. The fraction of sp³-hybridized carbons (Fsp3) is 0.0909. The topological polar surface area (TPSA) is 34.9 Å². The van der Waals surface area contributed by atoms with Gasteiger partial charge in [0.25, 0.3) is 0 Å². The van der Waals surface area contributed by atoms with Crippen LogP contribution in [0, 0.1) is 6.92 Å². The predicted molar refractivity (Wildman–Crippen MR) is 61.4 cm³/mol. The Morgan fingerprint density at radius 1 is 1.47 bits per heavy atom. The van der Waals surface area contributed by atoms with Gasteiger partial charge in [0.15, 0.2) is 12.1 Å². The average molecular weight is 265 g/mol. The van der Waals surface area contributed by atoms with Crippen LogP contribution in [0.4, 0.5) is 0 Å². The maximum absolute atomic E-state index is 10.8. The molecular weight excluding hydrogens is 256 g/mol. The minimum Gasteiger partial charge on any atom is -0.294 e. The molecule has 0 aliphatic carbocycles.